The van der Waals surface area contributed by atoms with Gasteiger partial charge >= 0.3 is 5.69 Å². The van der Waals surface area contributed by atoms with Gasteiger partial charge in [0.25, 0.3) is 0 Å². The largest absolute Gasteiger partial charge is 0.484 e. The highest BCUT2D eigenvalue weighted by Crippen LogP contribution is 2.33. The molecule has 6 nitrogen and oxygen atoms in total. The molecule has 116 valence electrons. The molecule has 1 saturated heterocycles. The lowest BCUT2D eigenvalue weighted by Gasteiger charge is -2.40. The molecule has 0 radical (unpaired) electrons. The molecule has 0 spiro atoms. The number of hydrogen-bond donors (Lipinski definition) is 1. The Kier molecular flexibility index (Phi) is 4.37. The maximum absolute atomic E-state index is 11.1. The fraction of sp³-hybridized carbons (Fsp3) is 0.600. The summed E-state index contributed by atoms with van der Waals surface area (Å²) in [7, 11) is 0. The topological polar surface area (TPSA) is 67.6 Å². The number of nitro groups is 1. The standard InChI is InChI=1S/C15H23N3O3/c1-11(2)21-14-9-12(5-6-13(14)18(19)20)17-8-7-16-15(3,4)10-17/h5-6,9,11,16H,7-8,10H2,1-4H3. The number of ether oxygens (including phenoxy) is 1. The summed E-state index contributed by atoms with van der Waals surface area (Å²) in [5.41, 5.74) is 1.01. The van der Waals surface area contributed by atoms with Crippen molar-refractivity contribution in [3.05, 3.63) is 28.3 Å². The fourth-order valence-corrected chi connectivity index (χ4v) is 2.56. The quantitative estimate of drug-likeness (QED) is 0.682. The predicted molar refractivity (Wildman–Crippen MR) is 83.2 cm³/mol. The molecular formula is C15H23N3O3. The highest BCUT2D eigenvalue weighted by Gasteiger charge is 2.27. The van der Waals surface area contributed by atoms with Crippen LogP contribution in [0.25, 0.3) is 0 Å². The van der Waals surface area contributed by atoms with Crippen molar-refractivity contribution in [1.82, 2.24) is 5.32 Å². The maximum Gasteiger partial charge on any atom is 0.311 e. The van der Waals surface area contributed by atoms with Crippen molar-refractivity contribution in [2.45, 2.75) is 39.3 Å². The van der Waals surface area contributed by atoms with Gasteiger partial charge in [-0.25, -0.2) is 0 Å². The van der Waals surface area contributed by atoms with Crippen molar-refractivity contribution in [3.8, 4) is 5.75 Å². The summed E-state index contributed by atoms with van der Waals surface area (Å²) in [6.45, 7) is 10.7. The van der Waals surface area contributed by atoms with Crippen LogP contribution in [0.5, 0.6) is 5.75 Å². The van der Waals surface area contributed by atoms with Crippen LogP contribution < -0.4 is 15.0 Å². The molecule has 0 atom stereocenters. The molecule has 1 aromatic carbocycles. The summed E-state index contributed by atoms with van der Waals surface area (Å²) in [4.78, 5) is 12.9. The van der Waals surface area contributed by atoms with Crippen LogP contribution in [0.2, 0.25) is 0 Å². The Morgan fingerprint density at radius 2 is 2.14 bits per heavy atom. The van der Waals surface area contributed by atoms with Crippen molar-refractivity contribution in [2.24, 2.45) is 0 Å². The second kappa shape index (κ2) is 5.89. The van der Waals surface area contributed by atoms with Gasteiger partial charge in [-0.2, -0.15) is 0 Å². The van der Waals surface area contributed by atoms with Crippen molar-refractivity contribution in [2.75, 3.05) is 24.5 Å². The van der Waals surface area contributed by atoms with E-state index in [0.29, 0.717) is 5.75 Å². The van der Waals surface area contributed by atoms with E-state index in [-0.39, 0.29) is 17.3 Å². The van der Waals surface area contributed by atoms with Crippen molar-refractivity contribution < 1.29 is 9.66 Å². The molecular weight excluding hydrogens is 270 g/mol. The molecule has 1 aliphatic heterocycles. The van der Waals surface area contributed by atoms with E-state index >= 15 is 0 Å². The highest BCUT2D eigenvalue weighted by atomic mass is 16.6. The normalized spacial score (nSPS) is 17.9. The smallest absolute Gasteiger partial charge is 0.311 e. The Hall–Kier alpha value is -1.82. The summed E-state index contributed by atoms with van der Waals surface area (Å²) in [6, 6.07) is 5.11. The first-order valence-corrected chi connectivity index (χ1v) is 7.23. The number of hydrogen-bond acceptors (Lipinski definition) is 5. The fourth-order valence-electron chi connectivity index (χ4n) is 2.56. The number of benzene rings is 1. The van der Waals surface area contributed by atoms with E-state index in [1.165, 1.54) is 6.07 Å². The third-order valence-electron chi connectivity index (χ3n) is 3.44. The predicted octanol–water partition coefficient (Wildman–Crippen LogP) is 2.57. The van der Waals surface area contributed by atoms with Crippen molar-refractivity contribution >= 4 is 11.4 Å². The summed E-state index contributed by atoms with van der Waals surface area (Å²) < 4.78 is 5.61. The van der Waals surface area contributed by atoms with E-state index in [4.69, 9.17) is 4.74 Å². The van der Waals surface area contributed by atoms with Gasteiger partial charge in [0, 0.05) is 43.0 Å². The second-order valence-electron chi connectivity index (χ2n) is 6.31. The van der Waals surface area contributed by atoms with Crippen molar-refractivity contribution in [3.63, 3.8) is 0 Å². The summed E-state index contributed by atoms with van der Waals surface area (Å²) >= 11 is 0. The molecule has 0 amide bonds. The molecule has 1 N–H and O–H groups in total. The SMILES string of the molecule is CC(C)Oc1cc(N2CCNC(C)(C)C2)ccc1[N+](=O)[O-]. The highest BCUT2D eigenvalue weighted by molar-refractivity contribution is 5.59. The van der Waals surface area contributed by atoms with Crippen LogP contribution in [0, 0.1) is 10.1 Å². The van der Waals surface area contributed by atoms with Crippen LogP contribution in [0.1, 0.15) is 27.7 Å². The van der Waals surface area contributed by atoms with Gasteiger partial charge in [-0.15, -0.1) is 0 Å². The zero-order valence-electron chi connectivity index (χ0n) is 13.0. The van der Waals surface area contributed by atoms with Crippen LogP contribution in [0.15, 0.2) is 18.2 Å². The zero-order chi connectivity index (χ0) is 15.6. The Labute approximate surface area is 125 Å². The minimum atomic E-state index is -0.400. The minimum Gasteiger partial charge on any atom is -0.484 e. The van der Waals surface area contributed by atoms with Crippen LogP contribution in [-0.2, 0) is 0 Å². The molecule has 0 aliphatic carbocycles. The summed E-state index contributed by atoms with van der Waals surface area (Å²) in [5, 5.41) is 14.5. The third-order valence-corrected chi connectivity index (χ3v) is 3.44. The Morgan fingerprint density at radius 3 is 2.71 bits per heavy atom. The van der Waals surface area contributed by atoms with E-state index < -0.39 is 4.92 Å². The molecule has 0 bridgehead atoms. The van der Waals surface area contributed by atoms with Crippen LogP contribution >= 0.6 is 0 Å². The molecule has 2 rings (SSSR count). The number of anilines is 1. The van der Waals surface area contributed by atoms with E-state index in [1.807, 2.05) is 13.8 Å². The summed E-state index contributed by atoms with van der Waals surface area (Å²) in [6.07, 6.45) is -0.0987. The lowest BCUT2D eigenvalue weighted by atomic mass is 10.0. The molecule has 21 heavy (non-hydrogen) atoms. The van der Waals surface area contributed by atoms with Crippen LogP contribution in [-0.4, -0.2) is 36.2 Å². The van der Waals surface area contributed by atoms with Gasteiger partial charge < -0.3 is 15.0 Å². The molecule has 1 aliphatic rings. The first-order valence-electron chi connectivity index (χ1n) is 7.23. The zero-order valence-corrected chi connectivity index (χ0v) is 13.0. The average molecular weight is 293 g/mol. The monoisotopic (exact) mass is 293 g/mol. The molecule has 0 aromatic heterocycles. The maximum atomic E-state index is 11.1. The minimum absolute atomic E-state index is 0.0156. The number of nitrogens with zero attached hydrogens (tertiary/aromatic N) is 2. The average Bonchev–Trinajstić information content (AvgIpc) is 2.36. The van der Waals surface area contributed by atoms with Gasteiger partial charge in [0.2, 0.25) is 0 Å². The van der Waals surface area contributed by atoms with Crippen LogP contribution in [0.4, 0.5) is 11.4 Å². The van der Waals surface area contributed by atoms with Gasteiger partial charge in [-0.3, -0.25) is 10.1 Å². The molecule has 0 unspecified atom stereocenters. The number of nitro benzene ring substituents is 1. The molecule has 1 fully saturated rings. The number of nitrogens with one attached hydrogen (secondary N) is 1. The number of piperazine rings is 1. The second-order valence-corrected chi connectivity index (χ2v) is 6.31. The first kappa shape index (κ1) is 15.6. The van der Waals surface area contributed by atoms with Gasteiger partial charge in [-0.05, 0) is 33.8 Å². The lowest BCUT2D eigenvalue weighted by molar-refractivity contribution is -0.386. The van der Waals surface area contributed by atoms with Gasteiger partial charge in [0.05, 0.1) is 11.0 Å². The van der Waals surface area contributed by atoms with E-state index in [0.717, 1.165) is 25.3 Å². The lowest BCUT2D eigenvalue weighted by Crippen LogP contribution is -2.57. The molecule has 1 aromatic rings. The Balaban J connectivity index is 2.30. The molecule has 6 heteroatoms. The number of rotatable bonds is 4. The first-order chi connectivity index (χ1) is 9.78. The third kappa shape index (κ3) is 3.85. The van der Waals surface area contributed by atoms with Crippen LogP contribution in [0.3, 0.4) is 0 Å². The van der Waals surface area contributed by atoms with Crippen molar-refractivity contribution in [1.29, 1.82) is 0 Å². The van der Waals surface area contributed by atoms with Gasteiger partial charge in [0.1, 0.15) is 0 Å². The molecule has 1 heterocycles. The van der Waals surface area contributed by atoms with Gasteiger partial charge in [0.15, 0.2) is 5.75 Å². The Morgan fingerprint density at radius 1 is 1.43 bits per heavy atom. The Bertz CT molecular complexity index is 529. The summed E-state index contributed by atoms with van der Waals surface area (Å²) in [5.74, 6) is 0.337. The molecule has 0 saturated carbocycles. The van der Waals surface area contributed by atoms with E-state index in [2.05, 4.69) is 24.1 Å². The van der Waals surface area contributed by atoms with E-state index in [9.17, 15) is 10.1 Å². The van der Waals surface area contributed by atoms with Gasteiger partial charge in [-0.1, -0.05) is 0 Å². The van der Waals surface area contributed by atoms with E-state index in [1.54, 1.807) is 12.1 Å².